The fourth-order valence-corrected chi connectivity index (χ4v) is 3.48. The lowest BCUT2D eigenvalue weighted by atomic mass is 10.1. The number of nitrogens with zero attached hydrogens (tertiary/aromatic N) is 3. The number of thioether (sulfide) groups is 1. The molecule has 9 heteroatoms. The number of ketones is 1. The Hall–Kier alpha value is -3.20. The molecule has 7 nitrogen and oxygen atoms in total. The molecule has 0 saturated carbocycles. The molecule has 1 heterocycles. The third-order valence-electron chi connectivity index (χ3n) is 4.09. The Morgan fingerprint density at radius 2 is 2.00 bits per heavy atom. The Kier molecular flexibility index (Phi) is 6.28. The van der Waals surface area contributed by atoms with Crippen molar-refractivity contribution in [2.75, 3.05) is 18.2 Å². The average molecular weight is 414 g/mol. The monoisotopic (exact) mass is 414 g/mol. The van der Waals surface area contributed by atoms with E-state index in [1.165, 1.54) is 30.8 Å². The van der Waals surface area contributed by atoms with E-state index in [9.17, 15) is 14.0 Å². The van der Waals surface area contributed by atoms with Crippen molar-refractivity contribution >= 4 is 29.1 Å². The van der Waals surface area contributed by atoms with Gasteiger partial charge in [0.25, 0.3) is 0 Å². The molecular weight excluding hydrogens is 395 g/mol. The zero-order valence-corrected chi connectivity index (χ0v) is 16.9. The topological polar surface area (TPSA) is 86.1 Å². The van der Waals surface area contributed by atoms with Crippen molar-refractivity contribution in [2.24, 2.45) is 7.05 Å². The summed E-state index contributed by atoms with van der Waals surface area (Å²) < 4.78 is 21.2. The van der Waals surface area contributed by atoms with Gasteiger partial charge in [0.05, 0.1) is 18.4 Å². The number of Topliss-reactive ketones (excluding diaryl/α,β-unsaturated/α-hetero) is 1. The van der Waals surface area contributed by atoms with Crippen molar-refractivity contribution in [3.05, 3.63) is 53.8 Å². The summed E-state index contributed by atoms with van der Waals surface area (Å²) in [5.74, 6) is -0.0453. The molecule has 150 valence electrons. The molecule has 1 aromatic heterocycles. The van der Waals surface area contributed by atoms with Crippen LogP contribution >= 0.6 is 11.8 Å². The van der Waals surface area contributed by atoms with E-state index in [4.69, 9.17) is 4.74 Å². The number of nitrogens with one attached hydrogen (secondary N) is 1. The molecule has 0 spiro atoms. The van der Waals surface area contributed by atoms with Gasteiger partial charge in [-0.15, -0.1) is 10.2 Å². The number of carbonyl (C=O) groups excluding carboxylic acids is 2. The molecule has 29 heavy (non-hydrogen) atoms. The van der Waals surface area contributed by atoms with Gasteiger partial charge in [0, 0.05) is 25.2 Å². The molecule has 1 N–H and O–H groups in total. The molecule has 0 saturated heterocycles. The summed E-state index contributed by atoms with van der Waals surface area (Å²) in [4.78, 5) is 23.5. The fourth-order valence-electron chi connectivity index (χ4n) is 2.68. The van der Waals surface area contributed by atoms with Crippen molar-refractivity contribution in [3.63, 3.8) is 0 Å². The second-order valence-electron chi connectivity index (χ2n) is 6.18. The van der Waals surface area contributed by atoms with Crippen LogP contribution in [-0.4, -0.2) is 39.3 Å². The molecule has 0 unspecified atom stereocenters. The Morgan fingerprint density at radius 1 is 1.21 bits per heavy atom. The van der Waals surface area contributed by atoms with E-state index in [0.29, 0.717) is 22.4 Å². The highest BCUT2D eigenvalue weighted by Crippen LogP contribution is 2.26. The van der Waals surface area contributed by atoms with Gasteiger partial charge in [-0.1, -0.05) is 23.9 Å². The van der Waals surface area contributed by atoms with Gasteiger partial charge in [-0.3, -0.25) is 9.59 Å². The van der Waals surface area contributed by atoms with E-state index >= 15 is 0 Å². The quantitative estimate of drug-likeness (QED) is 0.470. The Balaban J connectivity index is 1.71. The van der Waals surface area contributed by atoms with Crippen LogP contribution in [0, 0.1) is 5.82 Å². The fraction of sp³-hybridized carbons (Fsp3) is 0.200. The van der Waals surface area contributed by atoms with Crippen molar-refractivity contribution in [2.45, 2.75) is 12.1 Å². The van der Waals surface area contributed by atoms with Crippen LogP contribution < -0.4 is 10.1 Å². The van der Waals surface area contributed by atoms with Crippen molar-refractivity contribution in [1.29, 1.82) is 0 Å². The number of halogens is 1. The van der Waals surface area contributed by atoms with Gasteiger partial charge in [-0.25, -0.2) is 4.39 Å². The number of carbonyl (C=O) groups is 2. The number of aromatic nitrogens is 3. The molecule has 2 aromatic carbocycles. The van der Waals surface area contributed by atoms with E-state index in [-0.39, 0.29) is 23.0 Å². The molecular formula is C20H19FN4O3S. The predicted molar refractivity (Wildman–Crippen MR) is 109 cm³/mol. The van der Waals surface area contributed by atoms with Gasteiger partial charge in [-0.2, -0.15) is 0 Å². The number of hydrogen-bond acceptors (Lipinski definition) is 6. The molecule has 0 aliphatic rings. The minimum atomic E-state index is -0.683. The van der Waals surface area contributed by atoms with Gasteiger partial charge >= 0.3 is 0 Å². The van der Waals surface area contributed by atoms with Crippen LogP contribution in [0.25, 0.3) is 11.4 Å². The third-order valence-corrected chi connectivity index (χ3v) is 5.11. The van der Waals surface area contributed by atoms with Crippen LogP contribution in [-0.2, 0) is 11.8 Å². The van der Waals surface area contributed by atoms with Gasteiger partial charge < -0.3 is 14.6 Å². The molecule has 0 aliphatic heterocycles. The largest absolute Gasteiger partial charge is 0.497 e. The number of benzene rings is 2. The highest BCUT2D eigenvalue weighted by atomic mass is 32.2. The summed E-state index contributed by atoms with van der Waals surface area (Å²) in [6.45, 7) is 1.33. The first-order valence-corrected chi connectivity index (χ1v) is 9.64. The van der Waals surface area contributed by atoms with Crippen LogP contribution in [0.4, 0.5) is 10.1 Å². The standard InChI is InChI=1S/C20H19FN4O3S/c1-12(26)22-14-7-8-16(17(21)10-14)18(27)11-29-20-24-23-19(25(20)2)13-5-4-6-15(9-13)28-3/h4-10H,11H2,1-3H3,(H,22,26). The minimum absolute atomic E-state index is 0.000484. The maximum atomic E-state index is 14.2. The lowest BCUT2D eigenvalue weighted by Gasteiger charge is -2.07. The lowest BCUT2D eigenvalue weighted by molar-refractivity contribution is -0.114. The van der Waals surface area contributed by atoms with E-state index in [2.05, 4.69) is 15.5 Å². The van der Waals surface area contributed by atoms with Gasteiger partial charge in [0.15, 0.2) is 16.8 Å². The molecule has 0 fully saturated rings. The number of amides is 1. The van der Waals surface area contributed by atoms with E-state index in [1.807, 2.05) is 24.3 Å². The normalized spacial score (nSPS) is 10.6. The first-order chi connectivity index (χ1) is 13.9. The van der Waals surface area contributed by atoms with Crippen LogP contribution in [0.1, 0.15) is 17.3 Å². The van der Waals surface area contributed by atoms with E-state index < -0.39 is 5.82 Å². The SMILES string of the molecule is COc1cccc(-c2nnc(SCC(=O)c3ccc(NC(C)=O)cc3F)n2C)c1. The zero-order valence-electron chi connectivity index (χ0n) is 16.1. The van der Waals surface area contributed by atoms with Crippen molar-refractivity contribution in [3.8, 4) is 17.1 Å². The predicted octanol–water partition coefficient (Wildman–Crippen LogP) is 3.56. The average Bonchev–Trinajstić information content (AvgIpc) is 3.06. The van der Waals surface area contributed by atoms with Crippen LogP contribution in [0.2, 0.25) is 0 Å². The van der Waals surface area contributed by atoms with Gasteiger partial charge in [0.1, 0.15) is 11.6 Å². The first kappa shape index (κ1) is 20.5. The molecule has 3 rings (SSSR count). The highest BCUT2D eigenvalue weighted by molar-refractivity contribution is 7.99. The summed E-state index contributed by atoms with van der Waals surface area (Å²) in [6.07, 6.45) is 0. The van der Waals surface area contributed by atoms with Crippen molar-refractivity contribution < 1.29 is 18.7 Å². The Bertz CT molecular complexity index is 1070. The van der Waals surface area contributed by atoms with Gasteiger partial charge in [0.2, 0.25) is 5.91 Å². The second-order valence-corrected chi connectivity index (χ2v) is 7.13. The summed E-state index contributed by atoms with van der Waals surface area (Å²) in [5.41, 5.74) is 1.09. The number of ether oxygens (including phenoxy) is 1. The minimum Gasteiger partial charge on any atom is -0.497 e. The Labute approximate surface area is 171 Å². The second kappa shape index (κ2) is 8.87. The van der Waals surface area contributed by atoms with Crippen molar-refractivity contribution in [1.82, 2.24) is 14.8 Å². The molecule has 1 amide bonds. The van der Waals surface area contributed by atoms with Gasteiger partial charge in [-0.05, 0) is 30.3 Å². The number of hydrogen-bond donors (Lipinski definition) is 1. The maximum Gasteiger partial charge on any atom is 0.221 e. The number of rotatable bonds is 7. The number of methoxy groups -OCH3 is 1. The molecule has 0 aliphatic carbocycles. The summed E-state index contributed by atoms with van der Waals surface area (Å²) in [5, 5.41) is 11.3. The summed E-state index contributed by atoms with van der Waals surface area (Å²) in [7, 11) is 3.38. The first-order valence-electron chi connectivity index (χ1n) is 8.66. The molecule has 0 atom stereocenters. The highest BCUT2D eigenvalue weighted by Gasteiger charge is 2.17. The zero-order chi connectivity index (χ0) is 21.0. The maximum absolute atomic E-state index is 14.2. The molecule has 0 radical (unpaired) electrons. The van der Waals surface area contributed by atoms with Crippen LogP contribution in [0.3, 0.4) is 0 Å². The molecule has 0 bridgehead atoms. The number of anilines is 1. The van der Waals surface area contributed by atoms with Crippen LogP contribution in [0.15, 0.2) is 47.6 Å². The molecule has 3 aromatic rings. The Morgan fingerprint density at radius 3 is 2.69 bits per heavy atom. The van der Waals surface area contributed by atoms with E-state index in [1.54, 1.807) is 18.7 Å². The smallest absolute Gasteiger partial charge is 0.221 e. The third kappa shape index (κ3) is 4.80. The summed E-state index contributed by atoms with van der Waals surface area (Å²) in [6, 6.07) is 11.4. The van der Waals surface area contributed by atoms with E-state index in [0.717, 1.165) is 11.6 Å². The lowest BCUT2D eigenvalue weighted by Crippen LogP contribution is -2.09. The summed E-state index contributed by atoms with van der Waals surface area (Å²) >= 11 is 1.17. The van der Waals surface area contributed by atoms with Crippen LogP contribution in [0.5, 0.6) is 5.75 Å².